The fourth-order valence-electron chi connectivity index (χ4n) is 4.15. The van der Waals surface area contributed by atoms with Gasteiger partial charge in [-0.25, -0.2) is 4.98 Å². The van der Waals surface area contributed by atoms with Crippen molar-refractivity contribution in [2.75, 3.05) is 11.9 Å². The lowest BCUT2D eigenvalue weighted by Gasteiger charge is -2.18. The minimum absolute atomic E-state index is 0.0276. The summed E-state index contributed by atoms with van der Waals surface area (Å²) in [5, 5.41) is 18.9. The number of rotatable bonds is 7. The fourth-order valence-corrected chi connectivity index (χ4v) is 4.53. The van der Waals surface area contributed by atoms with Gasteiger partial charge in [-0.1, -0.05) is 41.4 Å². The molecule has 0 radical (unpaired) electrons. The zero-order valence-electron chi connectivity index (χ0n) is 18.0. The van der Waals surface area contributed by atoms with Crippen molar-refractivity contribution in [2.24, 2.45) is 5.92 Å². The van der Waals surface area contributed by atoms with Gasteiger partial charge in [-0.3, -0.25) is 14.0 Å². The second-order valence-corrected chi connectivity index (χ2v) is 9.23. The minimum Gasteiger partial charge on any atom is -0.394 e. The van der Waals surface area contributed by atoms with Gasteiger partial charge in [-0.15, -0.1) is 0 Å². The molecule has 1 aliphatic rings. The number of hydrogen-bond acceptors (Lipinski definition) is 5. The molecule has 0 amide bonds. The van der Waals surface area contributed by atoms with Crippen LogP contribution in [0.15, 0.2) is 53.6 Å². The lowest BCUT2D eigenvalue weighted by atomic mass is 10.2. The number of fused-ring (bicyclic) bond motifs is 1. The van der Waals surface area contributed by atoms with Crippen LogP contribution in [-0.2, 0) is 6.54 Å². The quantitative estimate of drug-likeness (QED) is 0.406. The zero-order chi connectivity index (χ0) is 23.1. The molecule has 1 aromatic carbocycles. The lowest BCUT2D eigenvalue weighted by Crippen LogP contribution is -2.27. The molecule has 0 spiro atoms. The van der Waals surface area contributed by atoms with Crippen molar-refractivity contribution >= 4 is 39.9 Å². The van der Waals surface area contributed by atoms with Gasteiger partial charge in [0.25, 0.3) is 5.56 Å². The summed E-state index contributed by atoms with van der Waals surface area (Å²) in [5.74, 6) is 1.02. The van der Waals surface area contributed by atoms with E-state index >= 15 is 0 Å². The maximum Gasteiger partial charge on any atom is 0.266 e. The molecular weight excluding hydrogens is 461 g/mol. The molecule has 33 heavy (non-hydrogen) atoms. The average Bonchev–Trinajstić information content (AvgIpc) is 3.57. The Morgan fingerprint density at radius 2 is 1.97 bits per heavy atom. The maximum atomic E-state index is 13.5. The molecule has 2 N–H and O–H groups in total. The van der Waals surface area contributed by atoms with Crippen LogP contribution >= 0.6 is 23.2 Å². The smallest absolute Gasteiger partial charge is 0.266 e. The minimum atomic E-state index is -0.213. The van der Waals surface area contributed by atoms with Gasteiger partial charge in [-0.2, -0.15) is 5.10 Å². The molecule has 0 bridgehead atoms. The number of aliphatic hydroxyl groups excluding tert-OH is 1. The highest BCUT2D eigenvalue weighted by molar-refractivity contribution is 6.32. The van der Waals surface area contributed by atoms with E-state index < -0.39 is 0 Å². The summed E-state index contributed by atoms with van der Waals surface area (Å²) in [5.41, 5.74) is 2.69. The van der Waals surface area contributed by atoms with Gasteiger partial charge in [0.1, 0.15) is 5.82 Å². The maximum absolute atomic E-state index is 13.5. The number of anilines is 1. The molecule has 4 aromatic rings. The zero-order valence-corrected chi connectivity index (χ0v) is 19.5. The van der Waals surface area contributed by atoms with Gasteiger partial charge in [0.15, 0.2) is 0 Å². The molecule has 7 nitrogen and oxygen atoms in total. The molecule has 0 unspecified atom stereocenters. The summed E-state index contributed by atoms with van der Waals surface area (Å²) in [4.78, 5) is 17.8. The van der Waals surface area contributed by atoms with Gasteiger partial charge in [0, 0.05) is 16.8 Å². The standard InChI is InChI=1S/C24H23Cl2N5O2/c1-14-8-21-17(10-28-30(21)12-16-4-2-3-5-18(16)25)24(33)31(14)22-9-23(27-11-19(22)26)29-20(13-32)15-6-7-15/h2-5,8-11,15,20,32H,6-7,12-13H2,1H3,(H,27,29)/t20-/m1/s1. The number of aliphatic hydroxyl groups is 1. The third-order valence-electron chi connectivity index (χ3n) is 6.09. The van der Waals surface area contributed by atoms with Crippen molar-refractivity contribution in [3.8, 4) is 5.69 Å². The second-order valence-electron chi connectivity index (χ2n) is 8.41. The topological polar surface area (TPSA) is 85.0 Å². The summed E-state index contributed by atoms with van der Waals surface area (Å²) >= 11 is 12.8. The lowest BCUT2D eigenvalue weighted by molar-refractivity contribution is 0.263. The number of benzene rings is 1. The highest BCUT2D eigenvalue weighted by Gasteiger charge is 2.31. The molecule has 0 saturated heterocycles. The third kappa shape index (κ3) is 4.24. The van der Waals surface area contributed by atoms with E-state index in [0.29, 0.717) is 45.1 Å². The third-order valence-corrected chi connectivity index (χ3v) is 6.75. The number of hydrogen-bond donors (Lipinski definition) is 2. The van der Waals surface area contributed by atoms with E-state index in [1.807, 2.05) is 37.3 Å². The predicted molar refractivity (Wildman–Crippen MR) is 131 cm³/mol. The molecule has 5 rings (SSSR count). The molecule has 1 saturated carbocycles. The molecule has 170 valence electrons. The highest BCUT2D eigenvalue weighted by atomic mass is 35.5. The van der Waals surface area contributed by atoms with Crippen LogP contribution in [0.2, 0.25) is 10.0 Å². The first-order valence-electron chi connectivity index (χ1n) is 10.8. The summed E-state index contributed by atoms with van der Waals surface area (Å²) in [7, 11) is 0. The van der Waals surface area contributed by atoms with Gasteiger partial charge in [-0.05, 0) is 43.4 Å². The second kappa shape index (κ2) is 8.82. The Kier molecular flexibility index (Phi) is 5.86. The van der Waals surface area contributed by atoms with Crippen LogP contribution in [0.1, 0.15) is 24.1 Å². The van der Waals surface area contributed by atoms with Crippen LogP contribution in [0.5, 0.6) is 0 Å². The summed E-state index contributed by atoms with van der Waals surface area (Å²) in [6.07, 6.45) is 5.28. The van der Waals surface area contributed by atoms with E-state index in [1.165, 1.54) is 6.20 Å². The number of halogens is 2. The van der Waals surface area contributed by atoms with Crippen molar-refractivity contribution in [1.82, 2.24) is 19.3 Å². The van der Waals surface area contributed by atoms with Gasteiger partial charge in [0.2, 0.25) is 0 Å². The first kappa shape index (κ1) is 21.9. The molecule has 9 heteroatoms. The molecule has 1 atom stereocenters. The largest absolute Gasteiger partial charge is 0.394 e. The average molecular weight is 484 g/mol. The molecule has 3 heterocycles. The Morgan fingerprint density at radius 1 is 1.18 bits per heavy atom. The van der Waals surface area contributed by atoms with Gasteiger partial charge < -0.3 is 10.4 Å². The van der Waals surface area contributed by atoms with Crippen molar-refractivity contribution in [3.63, 3.8) is 0 Å². The van der Waals surface area contributed by atoms with E-state index in [2.05, 4.69) is 15.4 Å². The van der Waals surface area contributed by atoms with Crippen molar-refractivity contribution < 1.29 is 5.11 Å². The fraction of sp³-hybridized carbons (Fsp3) is 0.292. The van der Waals surface area contributed by atoms with Crippen LogP contribution in [0.3, 0.4) is 0 Å². The Labute approximate surface area is 200 Å². The van der Waals surface area contributed by atoms with Crippen LogP contribution in [-0.4, -0.2) is 37.1 Å². The molecule has 1 aliphatic carbocycles. The number of pyridine rings is 2. The Morgan fingerprint density at radius 3 is 2.70 bits per heavy atom. The van der Waals surface area contributed by atoms with E-state index in [4.69, 9.17) is 23.2 Å². The van der Waals surface area contributed by atoms with Crippen LogP contribution in [0, 0.1) is 12.8 Å². The predicted octanol–water partition coefficient (Wildman–Crippen LogP) is 4.43. The highest BCUT2D eigenvalue weighted by Crippen LogP contribution is 2.34. The first-order valence-corrected chi connectivity index (χ1v) is 11.6. The molecule has 0 aliphatic heterocycles. The van der Waals surface area contributed by atoms with E-state index in [0.717, 1.165) is 23.9 Å². The summed E-state index contributed by atoms with van der Waals surface area (Å²) in [6, 6.07) is 11.2. The molecular formula is C24H23Cl2N5O2. The normalized spacial score (nSPS) is 14.5. The monoisotopic (exact) mass is 483 g/mol. The van der Waals surface area contributed by atoms with Crippen LogP contribution < -0.4 is 10.9 Å². The van der Waals surface area contributed by atoms with E-state index in [9.17, 15) is 9.90 Å². The van der Waals surface area contributed by atoms with E-state index in [1.54, 1.807) is 21.5 Å². The van der Waals surface area contributed by atoms with Crippen molar-refractivity contribution in [1.29, 1.82) is 0 Å². The number of nitrogens with one attached hydrogen (secondary N) is 1. The SMILES string of the molecule is Cc1cc2c(cnn2Cc2ccccc2Cl)c(=O)n1-c1cc(N[C@H](CO)C2CC2)ncc1Cl. The first-order chi connectivity index (χ1) is 16.0. The number of aryl methyl sites for hydroxylation is 1. The number of nitrogens with zero attached hydrogens (tertiary/aromatic N) is 4. The Hall–Kier alpha value is -2.87. The number of aromatic nitrogens is 4. The van der Waals surface area contributed by atoms with Crippen LogP contribution in [0.25, 0.3) is 16.6 Å². The van der Waals surface area contributed by atoms with Crippen molar-refractivity contribution in [3.05, 3.63) is 80.4 Å². The van der Waals surface area contributed by atoms with Gasteiger partial charge >= 0.3 is 0 Å². The van der Waals surface area contributed by atoms with Gasteiger partial charge in [0.05, 0.1) is 53.2 Å². The van der Waals surface area contributed by atoms with Crippen LogP contribution in [0.4, 0.5) is 5.82 Å². The summed E-state index contributed by atoms with van der Waals surface area (Å²) < 4.78 is 3.35. The Bertz CT molecular complexity index is 1390. The Balaban J connectivity index is 1.55. The molecule has 1 fully saturated rings. The molecule has 3 aromatic heterocycles. The van der Waals surface area contributed by atoms with Crippen molar-refractivity contribution in [2.45, 2.75) is 32.4 Å². The van der Waals surface area contributed by atoms with E-state index in [-0.39, 0.29) is 18.2 Å². The summed E-state index contributed by atoms with van der Waals surface area (Å²) in [6.45, 7) is 2.35.